The van der Waals surface area contributed by atoms with Crippen molar-refractivity contribution in [3.63, 3.8) is 0 Å². The Morgan fingerprint density at radius 3 is 2.78 bits per heavy atom. The van der Waals surface area contributed by atoms with Crippen molar-refractivity contribution in [3.05, 3.63) is 53.0 Å². The Kier molecular flexibility index (Phi) is 7.21. The predicted molar refractivity (Wildman–Crippen MR) is 119 cm³/mol. The number of rotatable bonds is 5. The van der Waals surface area contributed by atoms with Crippen LogP contribution in [-0.4, -0.2) is 56.9 Å². The number of nitrogens with two attached hydrogens (primary N) is 2. The number of anilines is 1. The Labute approximate surface area is 186 Å². The average molecular weight is 441 g/mol. The Bertz CT molecular complexity index is 1020. The lowest BCUT2D eigenvalue weighted by molar-refractivity contribution is 0.102. The summed E-state index contributed by atoms with van der Waals surface area (Å²) in [6.07, 6.45) is 1.96. The van der Waals surface area contributed by atoms with Gasteiger partial charge in [-0.05, 0) is 56.5 Å². The van der Waals surface area contributed by atoms with E-state index >= 15 is 0 Å². The molecule has 0 spiro atoms. The van der Waals surface area contributed by atoms with Crippen molar-refractivity contribution in [1.82, 2.24) is 19.9 Å². The number of nitrogens with zero attached hydrogens (tertiary/aromatic N) is 5. The van der Waals surface area contributed by atoms with Crippen molar-refractivity contribution in [2.45, 2.75) is 39.8 Å². The van der Waals surface area contributed by atoms with E-state index in [4.69, 9.17) is 16.4 Å². The van der Waals surface area contributed by atoms with Crippen LogP contribution < -0.4 is 17.0 Å². The van der Waals surface area contributed by atoms with Crippen molar-refractivity contribution in [2.75, 3.05) is 18.5 Å². The van der Waals surface area contributed by atoms with Crippen molar-refractivity contribution >= 4 is 23.7 Å². The van der Waals surface area contributed by atoms with Crippen LogP contribution in [0.3, 0.4) is 0 Å². The summed E-state index contributed by atoms with van der Waals surface area (Å²) >= 11 is 0. The molecule has 2 amide bonds. The van der Waals surface area contributed by atoms with E-state index in [2.05, 4.69) is 20.4 Å². The maximum absolute atomic E-state index is 12.8. The number of amides is 2. The summed E-state index contributed by atoms with van der Waals surface area (Å²) < 4.78 is 5.08. The van der Waals surface area contributed by atoms with Crippen molar-refractivity contribution in [1.29, 1.82) is 0 Å². The van der Waals surface area contributed by atoms with Crippen molar-refractivity contribution in [3.8, 4) is 0 Å². The van der Waals surface area contributed by atoms with Gasteiger partial charge in [0.2, 0.25) is 0 Å². The molecule has 11 nitrogen and oxygen atoms in total. The predicted octanol–water partition coefficient (Wildman–Crippen LogP) is 1.45. The third-order valence-corrected chi connectivity index (χ3v) is 5.00. The molecule has 11 heteroatoms. The molecule has 5 N–H and O–H groups in total. The molecule has 1 aliphatic heterocycles. The topological polar surface area (TPSA) is 152 Å². The lowest BCUT2D eigenvalue weighted by Crippen LogP contribution is -2.44. The van der Waals surface area contributed by atoms with Crippen LogP contribution in [0, 0.1) is 0 Å². The number of amidine groups is 1. The van der Waals surface area contributed by atoms with E-state index in [9.17, 15) is 9.59 Å². The van der Waals surface area contributed by atoms with Gasteiger partial charge in [-0.15, -0.1) is 0 Å². The number of hydrogen-bond acceptors (Lipinski definition) is 8. The first-order valence-electron chi connectivity index (χ1n) is 10.3. The molecule has 0 saturated heterocycles. The first kappa shape index (κ1) is 22.9. The third kappa shape index (κ3) is 5.11. The van der Waals surface area contributed by atoms with Gasteiger partial charge in [-0.3, -0.25) is 14.8 Å². The van der Waals surface area contributed by atoms with Crippen molar-refractivity contribution in [2.24, 2.45) is 16.8 Å². The molecule has 3 heterocycles. The molecule has 0 bridgehead atoms. The highest BCUT2D eigenvalue weighted by Gasteiger charge is 2.23. The average Bonchev–Trinajstić information content (AvgIpc) is 2.79. The SMILES string of the molecule is CCOC(=O)N1CCc2cnc(C(=O)Nc3cccc(/C(=N/N)N(N)C(C)C)n3)cc2C1. The quantitative estimate of drug-likeness (QED) is 0.273. The number of fused-ring (bicyclic) bond motifs is 1. The fourth-order valence-corrected chi connectivity index (χ4v) is 3.25. The van der Waals surface area contributed by atoms with Gasteiger partial charge in [-0.2, -0.15) is 5.10 Å². The normalized spacial score (nSPS) is 13.5. The fourth-order valence-electron chi connectivity index (χ4n) is 3.25. The molecule has 32 heavy (non-hydrogen) atoms. The summed E-state index contributed by atoms with van der Waals surface area (Å²) in [5.41, 5.74) is 2.50. The monoisotopic (exact) mass is 440 g/mol. The number of ether oxygens (including phenoxy) is 1. The summed E-state index contributed by atoms with van der Waals surface area (Å²) in [4.78, 5) is 35.1. The van der Waals surface area contributed by atoms with Gasteiger partial charge < -0.3 is 20.8 Å². The molecule has 0 radical (unpaired) electrons. The minimum Gasteiger partial charge on any atom is -0.450 e. The smallest absolute Gasteiger partial charge is 0.410 e. The Hall–Kier alpha value is -3.73. The molecule has 0 aliphatic carbocycles. The third-order valence-electron chi connectivity index (χ3n) is 5.00. The second-order valence-electron chi connectivity index (χ2n) is 7.52. The Balaban J connectivity index is 1.76. The summed E-state index contributed by atoms with van der Waals surface area (Å²) in [5.74, 6) is 11.7. The number of hydrazone groups is 1. The van der Waals surface area contributed by atoms with Crippen molar-refractivity contribution < 1.29 is 14.3 Å². The van der Waals surface area contributed by atoms with Crippen LogP contribution in [0.15, 0.2) is 35.6 Å². The molecule has 2 aromatic rings. The summed E-state index contributed by atoms with van der Waals surface area (Å²) in [6.45, 7) is 6.77. The highest BCUT2D eigenvalue weighted by Crippen LogP contribution is 2.20. The van der Waals surface area contributed by atoms with E-state index in [1.807, 2.05) is 13.8 Å². The Morgan fingerprint density at radius 1 is 1.31 bits per heavy atom. The van der Waals surface area contributed by atoms with Crippen LogP contribution in [0.1, 0.15) is 48.1 Å². The number of hydrazine groups is 1. The lowest BCUT2D eigenvalue weighted by Gasteiger charge is -2.28. The maximum Gasteiger partial charge on any atom is 0.410 e. The minimum atomic E-state index is -0.426. The maximum atomic E-state index is 12.8. The van der Waals surface area contributed by atoms with E-state index in [0.29, 0.717) is 43.5 Å². The molecule has 0 fully saturated rings. The number of pyridine rings is 2. The molecule has 1 aliphatic rings. The van der Waals surface area contributed by atoms with Crippen LogP contribution in [0.5, 0.6) is 0 Å². The molecule has 0 saturated carbocycles. The van der Waals surface area contributed by atoms with Gasteiger partial charge in [0.05, 0.1) is 6.61 Å². The van der Waals surface area contributed by atoms with Gasteiger partial charge >= 0.3 is 6.09 Å². The van der Waals surface area contributed by atoms with Gasteiger partial charge in [0.1, 0.15) is 17.2 Å². The minimum absolute atomic E-state index is 0.0498. The molecule has 0 unspecified atom stereocenters. The summed E-state index contributed by atoms with van der Waals surface area (Å²) in [5, 5.41) is 7.86. The van der Waals surface area contributed by atoms with Gasteiger partial charge in [-0.1, -0.05) is 6.07 Å². The summed E-state index contributed by atoms with van der Waals surface area (Å²) in [7, 11) is 0. The van der Waals surface area contributed by atoms with Crippen LogP contribution in [0.25, 0.3) is 0 Å². The van der Waals surface area contributed by atoms with Gasteiger partial charge in [0.15, 0.2) is 5.84 Å². The summed E-state index contributed by atoms with van der Waals surface area (Å²) in [6, 6.07) is 6.70. The standard InChI is InChI=1S/C21H28N8O3/c1-4-32-21(31)28-9-8-14-11-24-17(10-15(14)12-28)20(30)26-18-7-5-6-16(25-18)19(27-22)29(23)13(2)3/h5-7,10-11,13H,4,8-9,12,22-23H2,1-3H3,(H,25,26,30)/b27-19-. The lowest BCUT2D eigenvalue weighted by atomic mass is 10.0. The second-order valence-corrected chi connectivity index (χ2v) is 7.52. The molecule has 170 valence electrons. The number of hydrogen-bond donors (Lipinski definition) is 3. The zero-order valence-corrected chi connectivity index (χ0v) is 18.4. The Morgan fingerprint density at radius 2 is 2.09 bits per heavy atom. The molecule has 2 aromatic heterocycles. The molecule has 0 aromatic carbocycles. The number of carbonyl (C=O) groups is 2. The molecule has 0 atom stereocenters. The van der Waals surface area contributed by atoms with Gasteiger partial charge in [-0.25, -0.2) is 15.6 Å². The van der Waals surface area contributed by atoms with Crippen LogP contribution in [-0.2, 0) is 17.7 Å². The van der Waals surface area contributed by atoms with E-state index < -0.39 is 5.91 Å². The molecular formula is C21H28N8O3. The number of nitrogens with one attached hydrogen (secondary N) is 1. The highest BCUT2D eigenvalue weighted by molar-refractivity contribution is 6.03. The molecular weight excluding hydrogens is 412 g/mol. The van der Waals surface area contributed by atoms with E-state index in [-0.39, 0.29) is 17.8 Å². The van der Waals surface area contributed by atoms with Crippen LogP contribution in [0.2, 0.25) is 0 Å². The molecule has 3 rings (SSSR count). The highest BCUT2D eigenvalue weighted by atomic mass is 16.6. The number of aromatic nitrogens is 2. The van der Waals surface area contributed by atoms with E-state index in [1.165, 1.54) is 5.01 Å². The first-order chi connectivity index (χ1) is 15.3. The van der Waals surface area contributed by atoms with E-state index in [1.54, 1.807) is 42.3 Å². The van der Waals surface area contributed by atoms with Crippen LogP contribution in [0.4, 0.5) is 10.6 Å². The fraction of sp³-hybridized carbons (Fsp3) is 0.381. The van der Waals surface area contributed by atoms with Gasteiger partial charge in [0, 0.05) is 25.3 Å². The zero-order valence-electron chi connectivity index (χ0n) is 18.4. The largest absolute Gasteiger partial charge is 0.450 e. The zero-order chi connectivity index (χ0) is 23.3. The first-order valence-corrected chi connectivity index (χ1v) is 10.3. The second kappa shape index (κ2) is 10.1. The van der Waals surface area contributed by atoms with Gasteiger partial charge in [0.25, 0.3) is 5.91 Å². The van der Waals surface area contributed by atoms with Crippen LogP contribution >= 0.6 is 0 Å². The van der Waals surface area contributed by atoms with E-state index in [0.717, 1.165) is 11.1 Å². The number of carbonyl (C=O) groups excluding carboxylic acids is 2.